The van der Waals surface area contributed by atoms with Crippen LogP contribution in [0, 0.1) is 0 Å². The minimum absolute atomic E-state index is 0.317. The second kappa shape index (κ2) is 3.75. The molecule has 0 saturated carbocycles. The van der Waals surface area contributed by atoms with E-state index in [2.05, 4.69) is 34.2 Å². The van der Waals surface area contributed by atoms with Crippen LogP contribution in [0.2, 0.25) is 0 Å². The Kier molecular flexibility index (Phi) is 2.61. The summed E-state index contributed by atoms with van der Waals surface area (Å²) in [6, 6.07) is 6.41. The standard InChI is InChI=1S/C11H12BrNO/c1-7(13-2)10-6-14-11-5-8(12)3-4-9(10)11/h3-7,13H,1-2H3. The average Bonchev–Trinajstić information content (AvgIpc) is 2.59. The Morgan fingerprint density at radius 2 is 2.21 bits per heavy atom. The van der Waals surface area contributed by atoms with Crippen LogP contribution in [0.25, 0.3) is 11.0 Å². The molecule has 1 N–H and O–H groups in total. The molecule has 74 valence electrons. The summed E-state index contributed by atoms with van der Waals surface area (Å²) in [5, 5.41) is 4.38. The fourth-order valence-corrected chi connectivity index (χ4v) is 1.85. The molecule has 0 spiro atoms. The van der Waals surface area contributed by atoms with Crippen LogP contribution in [0.5, 0.6) is 0 Å². The average molecular weight is 254 g/mol. The van der Waals surface area contributed by atoms with Crippen molar-refractivity contribution in [1.82, 2.24) is 5.32 Å². The molecule has 2 nitrogen and oxygen atoms in total. The van der Waals surface area contributed by atoms with E-state index in [4.69, 9.17) is 4.42 Å². The summed E-state index contributed by atoms with van der Waals surface area (Å²) in [4.78, 5) is 0. The number of halogens is 1. The van der Waals surface area contributed by atoms with Crippen LogP contribution in [-0.4, -0.2) is 7.05 Å². The first-order chi connectivity index (χ1) is 6.72. The Bertz CT molecular complexity index is 449. The van der Waals surface area contributed by atoms with E-state index in [1.165, 1.54) is 10.9 Å². The smallest absolute Gasteiger partial charge is 0.135 e. The van der Waals surface area contributed by atoms with E-state index in [1.807, 2.05) is 25.4 Å². The van der Waals surface area contributed by atoms with Gasteiger partial charge in [-0.2, -0.15) is 0 Å². The number of benzene rings is 1. The van der Waals surface area contributed by atoms with E-state index < -0.39 is 0 Å². The van der Waals surface area contributed by atoms with Crippen LogP contribution in [0.1, 0.15) is 18.5 Å². The molecular formula is C11H12BrNO. The highest BCUT2D eigenvalue weighted by atomic mass is 79.9. The van der Waals surface area contributed by atoms with Crippen molar-refractivity contribution in [3.05, 3.63) is 34.5 Å². The van der Waals surface area contributed by atoms with E-state index in [-0.39, 0.29) is 0 Å². The van der Waals surface area contributed by atoms with Gasteiger partial charge in [0.15, 0.2) is 0 Å². The molecule has 1 heterocycles. The lowest BCUT2D eigenvalue weighted by molar-refractivity contribution is 0.588. The second-order valence-electron chi connectivity index (χ2n) is 3.34. The molecule has 0 aliphatic heterocycles. The van der Waals surface area contributed by atoms with Crippen LogP contribution < -0.4 is 5.32 Å². The predicted octanol–water partition coefficient (Wildman–Crippen LogP) is 3.48. The van der Waals surface area contributed by atoms with Gasteiger partial charge < -0.3 is 9.73 Å². The van der Waals surface area contributed by atoms with Crippen molar-refractivity contribution in [2.45, 2.75) is 13.0 Å². The lowest BCUT2D eigenvalue weighted by Crippen LogP contribution is -2.11. The minimum atomic E-state index is 0.317. The molecule has 0 bridgehead atoms. The maximum Gasteiger partial charge on any atom is 0.135 e. The predicted molar refractivity (Wildman–Crippen MR) is 61.4 cm³/mol. The van der Waals surface area contributed by atoms with Crippen LogP contribution in [0.15, 0.2) is 33.4 Å². The van der Waals surface area contributed by atoms with E-state index in [1.54, 1.807) is 0 Å². The Morgan fingerprint density at radius 1 is 1.43 bits per heavy atom. The van der Waals surface area contributed by atoms with Gasteiger partial charge in [0.1, 0.15) is 5.58 Å². The van der Waals surface area contributed by atoms with Crippen molar-refractivity contribution in [3.63, 3.8) is 0 Å². The molecule has 0 fully saturated rings. The highest BCUT2D eigenvalue weighted by molar-refractivity contribution is 9.10. The molecule has 1 unspecified atom stereocenters. The summed E-state index contributed by atoms with van der Waals surface area (Å²) in [6.07, 6.45) is 1.82. The van der Waals surface area contributed by atoms with E-state index in [9.17, 15) is 0 Å². The lowest BCUT2D eigenvalue weighted by atomic mass is 10.1. The molecule has 0 aliphatic carbocycles. The summed E-state index contributed by atoms with van der Waals surface area (Å²) in [5.41, 5.74) is 2.13. The van der Waals surface area contributed by atoms with Crippen molar-refractivity contribution in [2.24, 2.45) is 0 Å². The molecule has 14 heavy (non-hydrogen) atoms. The van der Waals surface area contributed by atoms with Crippen molar-refractivity contribution in [3.8, 4) is 0 Å². The van der Waals surface area contributed by atoms with Gasteiger partial charge in [-0.25, -0.2) is 0 Å². The Hall–Kier alpha value is -0.800. The fraction of sp³-hybridized carbons (Fsp3) is 0.273. The van der Waals surface area contributed by atoms with Gasteiger partial charge in [-0.15, -0.1) is 0 Å². The third-order valence-electron chi connectivity index (χ3n) is 2.47. The SMILES string of the molecule is CNC(C)c1coc2cc(Br)ccc12. The second-order valence-corrected chi connectivity index (χ2v) is 4.26. The molecule has 0 amide bonds. The molecule has 0 saturated heterocycles. The zero-order valence-corrected chi connectivity index (χ0v) is 9.76. The Labute approximate surface area is 91.4 Å². The molecule has 0 aliphatic rings. The molecule has 1 atom stereocenters. The van der Waals surface area contributed by atoms with Gasteiger partial charge in [-0.1, -0.05) is 15.9 Å². The highest BCUT2D eigenvalue weighted by Gasteiger charge is 2.10. The van der Waals surface area contributed by atoms with Gasteiger partial charge in [0, 0.05) is 21.5 Å². The highest BCUT2D eigenvalue weighted by Crippen LogP contribution is 2.28. The van der Waals surface area contributed by atoms with Gasteiger partial charge in [0.2, 0.25) is 0 Å². The summed E-state index contributed by atoms with van der Waals surface area (Å²) in [7, 11) is 1.95. The van der Waals surface area contributed by atoms with Crippen LogP contribution >= 0.6 is 15.9 Å². The maximum absolute atomic E-state index is 5.48. The van der Waals surface area contributed by atoms with E-state index >= 15 is 0 Å². The summed E-state index contributed by atoms with van der Waals surface area (Å²) < 4.78 is 6.53. The molecule has 1 aromatic heterocycles. The van der Waals surface area contributed by atoms with Gasteiger partial charge in [-0.3, -0.25) is 0 Å². The van der Waals surface area contributed by atoms with Gasteiger partial charge in [0.05, 0.1) is 6.26 Å². The fourth-order valence-electron chi connectivity index (χ4n) is 1.51. The Morgan fingerprint density at radius 3 is 2.93 bits per heavy atom. The first-order valence-electron chi connectivity index (χ1n) is 4.56. The monoisotopic (exact) mass is 253 g/mol. The quantitative estimate of drug-likeness (QED) is 0.887. The summed E-state index contributed by atoms with van der Waals surface area (Å²) in [5.74, 6) is 0. The molecule has 3 heteroatoms. The first-order valence-corrected chi connectivity index (χ1v) is 5.35. The van der Waals surface area contributed by atoms with Gasteiger partial charge >= 0.3 is 0 Å². The zero-order valence-electron chi connectivity index (χ0n) is 8.17. The number of nitrogens with one attached hydrogen (secondary N) is 1. The molecule has 0 radical (unpaired) electrons. The minimum Gasteiger partial charge on any atom is -0.464 e. The van der Waals surface area contributed by atoms with E-state index in [0.717, 1.165) is 10.1 Å². The summed E-state index contributed by atoms with van der Waals surface area (Å²) in [6.45, 7) is 2.12. The normalized spacial score (nSPS) is 13.4. The summed E-state index contributed by atoms with van der Waals surface area (Å²) >= 11 is 3.42. The van der Waals surface area contributed by atoms with Crippen molar-refractivity contribution >= 4 is 26.9 Å². The molecule has 1 aromatic carbocycles. The number of rotatable bonds is 2. The Balaban J connectivity index is 2.58. The molecule has 2 aromatic rings. The first kappa shape index (κ1) is 9.74. The van der Waals surface area contributed by atoms with Crippen molar-refractivity contribution in [2.75, 3.05) is 7.05 Å². The van der Waals surface area contributed by atoms with E-state index in [0.29, 0.717) is 6.04 Å². The molecule has 2 rings (SSSR count). The number of fused-ring (bicyclic) bond motifs is 1. The number of hydrogen-bond donors (Lipinski definition) is 1. The molecular weight excluding hydrogens is 242 g/mol. The number of furan rings is 1. The van der Waals surface area contributed by atoms with Gasteiger partial charge in [-0.05, 0) is 32.2 Å². The topological polar surface area (TPSA) is 25.2 Å². The largest absolute Gasteiger partial charge is 0.464 e. The van der Waals surface area contributed by atoms with Crippen LogP contribution in [-0.2, 0) is 0 Å². The van der Waals surface area contributed by atoms with Crippen LogP contribution in [0.4, 0.5) is 0 Å². The number of hydrogen-bond acceptors (Lipinski definition) is 2. The maximum atomic E-state index is 5.48. The third kappa shape index (κ3) is 1.57. The van der Waals surface area contributed by atoms with Crippen molar-refractivity contribution < 1.29 is 4.42 Å². The van der Waals surface area contributed by atoms with Crippen molar-refractivity contribution in [1.29, 1.82) is 0 Å². The lowest BCUT2D eigenvalue weighted by Gasteiger charge is -2.07. The zero-order chi connectivity index (χ0) is 10.1. The van der Waals surface area contributed by atoms with Gasteiger partial charge in [0.25, 0.3) is 0 Å². The third-order valence-corrected chi connectivity index (χ3v) is 2.96. The van der Waals surface area contributed by atoms with Crippen LogP contribution in [0.3, 0.4) is 0 Å².